The van der Waals surface area contributed by atoms with Crippen LogP contribution in [0.4, 0.5) is 4.11 Å². The molecule has 2 heteroatoms. The van der Waals surface area contributed by atoms with Crippen LogP contribution in [0.5, 0.6) is 0 Å². The third-order valence-corrected chi connectivity index (χ3v) is 6.88. The summed E-state index contributed by atoms with van der Waals surface area (Å²) in [6.07, 6.45) is 1.99. The Balaban J connectivity index is 2.41. The van der Waals surface area contributed by atoms with E-state index in [9.17, 15) is 0 Å². The molecular weight excluding hydrogens is 239 g/mol. The van der Waals surface area contributed by atoms with Crippen molar-refractivity contribution in [2.45, 2.75) is 25.8 Å². The van der Waals surface area contributed by atoms with Gasteiger partial charge in [0.25, 0.3) is 0 Å². The predicted molar refractivity (Wildman–Crippen MR) is 78.7 cm³/mol. The molecule has 0 aromatic heterocycles. The van der Waals surface area contributed by atoms with Crippen molar-refractivity contribution in [2.24, 2.45) is 0 Å². The summed E-state index contributed by atoms with van der Waals surface area (Å²) in [6, 6.07) is 20.1. The van der Waals surface area contributed by atoms with E-state index in [1.807, 2.05) is 60.7 Å². The van der Waals surface area contributed by atoms with E-state index < -0.39 is 8.41 Å². The number of benzene rings is 2. The van der Waals surface area contributed by atoms with E-state index in [2.05, 4.69) is 6.92 Å². The summed E-state index contributed by atoms with van der Waals surface area (Å²) < 4.78 is 15.6. The van der Waals surface area contributed by atoms with Gasteiger partial charge in [0.15, 0.2) is 0 Å². The fourth-order valence-electron chi connectivity index (χ4n) is 2.28. The lowest BCUT2D eigenvalue weighted by atomic mass is 10.4. The molecule has 0 heterocycles. The highest BCUT2D eigenvalue weighted by Gasteiger charge is 2.37. The largest absolute Gasteiger partial charge is 0.308 e. The van der Waals surface area contributed by atoms with Gasteiger partial charge in [-0.3, -0.25) is 0 Å². The second-order valence-corrected chi connectivity index (χ2v) is 7.89. The Morgan fingerprint density at radius 2 is 1.28 bits per heavy atom. The van der Waals surface area contributed by atoms with Crippen LogP contribution in [0.3, 0.4) is 0 Å². The minimum Gasteiger partial charge on any atom is -0.302 e. The molecule has 0 amide bonds. The molecule has 0 aliphatic heterocycles. The van der Waals surface area contributed by atoms with Crippen molar-refractivity contribution >= 4 is 18.8 Å². The smallest absolute Gasteiger partial charge is 0.302 e. The van der Waals surface area contributed by atoms with Crippen LogP contribution in [0.15, 0.2) is 60.7 Å². The highest BCUT2D eigenvalue weighted by Crippen LogP contribution is 2.16. The molecule has 0 bridgehead atoms. The molecule has 0 nitrogen and oxygen atoms in total. The Morgan fingerprint density at radius 3 is 1.67 bits per heavy atom. The lowest BCUT2D eigenvalue weighted by Crippen LogP contribution is -2.54. The van der Waals surface area contributed by atoms with E-state index in [0.717, 1.165) is 23.2 Å². The van der Waals surface area contributed by atoms with E-state index in [-0.39, 0.29) is 0 Å². The second kappa shape index (κ2) is 5.96. The van der Waals surface area contributed by atoms with Crippen LogP contribution in [-0.4, -0.2) is 8.41 Å². The van der Waals surface area contributed by atoms with E-state index >= 15 is 4.11 Å². The summed E-state index contributed by atoms with van der Waals surface area (Å²) in [6.45, 7) is 2.12. The van der Waals surface area contributed by atoms with Crippen LogP contribution in [-0.2, 0) is 0 Å². The Hall–Kier alpha value is -1.41. The van der Waals surface area contributed by atoms with Gasteiger partial charge in [0.2, 0.25) is 0 Å². The van der Waals surface area contributed by atoms with Crippen LogP contribution < -0.4 is 10.4 Å². The number of unbranched alkanes of at least 4 members (excludes halogenated alkanes) is 1. The topological polar surface area (TPSA) is 0 Å². The fourth-order valence-corrected chi connectivity index (χ4v) is 5.47. The molecule has 94 valence electrons. The molecule has 0 N–H and O–H groups in total. The summed E-state index contributed by atoms with van der Waals surface area (Å²) in [4.78, 5) is 0. The maximum atomic E-state index is 15.6. The SMILES string of the molecule is CCCC[Si](F)(c1ccccc1)c1ccccc1. The molecule has 0 fully saturated rings. The van der Waals surface area contributed by atoms with Crippen molar-refractivity contribution in [1.82, 2.24) is 0 Å². The van der Waals surface area contributed by atoms with Gasteiger partial charge < -0.3 is 4.11 Å². The molecule has 0 radical (unpaired) electrons. The first kappa shape index (κ1) is 13.0. The molecule has 0 atom stereocenters. The standard InChI is InChI=1S/C16H19FSi/c1-2-3-14-18(17,15-10-6-4-7-11-15)16-12-8-5-9-13-16/h4-13H,2-3,14H2,1H3. The van der Waals surface area contributed by atoms with Crippen molar-refractivity contribution in [1.29, 1.82) is 0 Å². The second-order valence-electron chi connectivity index (χ2n) is 4.64. The van der Waals surface area contributed by atoms with Crippen molar-refractivity contribution in [3.8, 4) is 0 Å². The minimum absolute atomic E-state index is 0.678. The Labute approximate surface area is 110 Å². The summed E-state index contributed by atoms with van der Waals surface area (Å²) in [7, 11) is -3.02. The number of hydrogen-bond donors (Lipinski definition) is 0. The van der Waals surface area contributed by atoms with Crippen molar-refractivity contribution in [2.75, 3.05) is 0 Å². The summed E-state index contributed by atoms with van der Waals surface area (Å²) in [5.74, 6) is 0. The first-order chi connectivity index (χ1) is 8.77. The number of hydrogen-bond acceptors (Lipinski definition) is 0. The van der Waals surface area contributed by atoms with Gasteiger partial charge in [-0.25, -0.2) is 0 Å². The molecule has 2 aromatic rings. The van der Waals surface area contributed by atoms with Crippen LogP contribution in [0.1, 0.15) is 19.8 Å². The molecule has 18 heavy (non-hydrogen) atoms. The minimum atomic E-state index is -3.02. The molecule has 2 rings (SSSR count). The molecule has 0 aliphatic rings. The average molecular weight is 258 g/mol. The summed E-state index contributed by atoms with van der Waals surface area (Å²) in [5.41, 5.74) is 0. The van der Waals surface area contributed by atoms with Crippen LogP contribution in [0.25, 0.3) is 0 Å². The maximum absolute atomic E-state index is 15.6. The predicted octanol–water partition coefficient (Wildman–Crippen LogP) is 3.52. The van der Waals surface area contributed by atoms with Gasteiger partial charge in [0.1, 0.15) is 0 Å². The van der Waals surface area contributed by atoms with Crippen molar-refractivity contribution < 1.29 is 4.11 Å². The quantitative estimate of drug-likeness (QED) is 0.568. The van der Waals surface area contributed by atoms with E-state index in [1.54, 1.807) is 0 Å². The van der Waals surface area contributed by atoms with Crippen LogP contribution in [0.2, 0.25) is 6.04 Å². The number of rotatable bonds is 5. The third-order valence-electron chi connectivity index (χ3n) is 3.34. The van der Waals surface area contributed by atoms with Gasteiger partial charge in [-0.2, -0.15) is 0 Å². The Bertz CT molecular complexity index is 427. The van der Waals surface area contributed by atoms with E-state index in [1.165, 1.54) is 0 Å². The molecule has 0 spiro atoms. The zero-order valence-electron chi connectivity index (χ0n) is 10.8. The summed E-state index contributed by atoms with van der Waals surface area (Å²) in [5, 5.41) is 1.79. The number of halogens is 1. The molecule has 0 saturated heterocycles. The van der Waals surface area contributed by atoms with Gasteiger partial charge >= 0.3 is 8.41 Å². The lowest BCUT2D eigenvalue weighted by Gasteiger charge is -2.23. The van der Waals surface area contributed by atoms with Crippen LogP contribution in [0, 0.1) is 0 Å². The lowest BCUT2D eigenvalue weighted by molar-refractivity contribution is 0.770. The average Bonchev–Trinajstić information content (AvgIpc) is 2.46. The molecule has 0 unspecified atom stereocenters. The van der Waals surface area contributed by atoms with E-state index in [0.29, 0.717) is 6.04 Å². The highest BCUT2D eigenvalue weighted by atomic mass is 28.4. The van der Waals surface area contributed by atoms with Crippen molar-refractivity contribution in [3.63, 3.8) is 0 Å². The molecular formula is C16H19FSi. The Morgan fingerprint density at radius 1 is 0.833 bits per heavy atom. The summed E-state index contributed by atoms with van der Waals surface area (Å²) >= 11 is 0. The maximum Gasteiger partial charge on any atom is 0.308 e. The first-order valence-corrected chi connectivity index (χ1v) is 8.66. The van der Waals surface area contributed by atoms with Gasteiger partial charge in [0.05, 0.1) is 0 Å². The molecule has 0 saturated carbocycles. The molecule has 0 aliphatic carbocycles. The van der Waals surface area contributed by atoms with Crippen molar-refractivity contribution in [3.05, 3.63) is 60.7 Å². The third kappa shape index (κ3) is 2.70. The zero-order chi connectivity index (χ0) is 12.8. The normalized spacial score (nSPS) is 11.4. The zero-order valence-corrected chi connectivity index (χ0v) is 11.8. The monoisotopic (exact) mass is 258 g/mol. The highest BCUT2D eigenvalue weighted by molar-refractivity contribution is 6.97. The van der Waals surface area contributed by atoms with Gasteiger partial charge in [-0.15, -0.1) is 0 Å². The van der Waals surface area contributed by atoms with Gasteiger partial charge in [0, 0.05) is 0 Å². The van der Waals surface area contributed by atoms with Crippen LogP contribution >= 0.6 is 0 Å². The Kier molecular flexibility index (Phi) is 4.31. The first-order valence-electron chi connectivity index (χ1n) is 6.57. The molecule has 2 aromatic carbocycles. The van der Waals surface area contributed by atoms with Gasteiger partial charge in [-0.05, 0) is 16.4 Å². The van der Waals surface area contributed by atoms with Gasteiger partial charge in [-0.1, -0.05) is 80.4 Å². The van der Waals surface area contributed by atoms with E-state index in [4.69, 9.17) is 0 Å². The fraction of sp³-hybridized carbons (Fsp3) is 0.250.